The first-order valence-electron chi connectivity index (χ1n) is 20.2. The molecule has 0 aliphatic heterocycles. The third kappa shape index (κ3) is 13.2. The Kier molecular flexibility index (Phi) is 18.2. The molecule has 0 heterocycles. The Hall–Kier alpha value is -3.71. The molecular formula is C43H62N4O6S2. The van der Waals surface area contributed by atoms with E-state index in [1.807, 2.05) is 12.2 Å². The van der Waals surface area contributed by atoms with Gasteiger partial charge in [-0.05, 0) is 112 Å². The lowest BCUT2D eigenvalue weighted by atomic mass is 9.98. The number of benzene rings is 2. The summed E-state index contributed by atoms with van der Waals surface area (Å²) in [6.45, 7) is 6.46. The highest BCUT2D eigenvalue weighted by Gasteiger charge is 2.32. The smallest absolute Gasteiger partial charge is 0.263 e. The van der Waals surface area contributed by atoms with Gasteiger partial charge in [-0.25, -0.2) is 16.8 Å². The highest BCUT2D eigenvalue weighted by molar-refractivity contribution is 7.96. The molecule has 1 amide bonds. The first kappa shape index (κ1) is 44.0. The van der Waals surface area contributed by atoms with Crippen molar-refractivity contribution in [3.63, 3.8) is 0 Å². The summed E-state index contributed by atoms with van der Waals surface area (Å²) in [5.74, 6) is -0.554. The molecule has 1 unspecified atom stereocenters. The Bertz CT molecular complexity index is 1870. The molecular weight excluding hydrogens is 733 g/mol. The lowest BCUT2D eigenvalue weighted by molar-refractivity contribution is -0.116. The number of nitrogens with one attached hydrogen (secondary N) is 4. The summed E-state index contributed by atoms with van der Waals surface area (Å²) in [5.41, 5.74) is 2.96. The van der Waals surface area contributed by atoms with Crippen molar-refractivity contribution in [1.82, 2.24) is 21.3 Å². The van der Waals surface area contributed by atoms with Crippen molar-refractivity contribution < 1.29 is 26.7 Å². The van der Waals surface area contributed by atoms with Crippen molar-refractivity contribution in [3.8, 4) is 0 Å². The van der Waals surface area contributed by atoms with Gasteiger partial charge in [0, 0.05) is 31.0 Å². The number of aliphatic hydroxyl groups excluding tert-OH is 1. The molecule has 0 bridgehead atoms. The van der Waals surface area contributed by atoms with Gasteiger partial charge in [0.05, 0.1) is 14.7 Å². The third-order valence-corrected chi connectivity index (χ3v) is 13.8. The molecule has 2 aromatic rings. The SMILES string of the molecule is CCCCCCNC(=O)/C(=C1\C=C(NCCCNC2=C/C(=C(\C(O)NCCCCCC)S(=O)(=O)c3ccccc3)CCC2)CCC1)S(=O)(=O)c1ccccc1. The van der Waals surface area contributed by atoms with E-state index in [4.69, 9.17) is 0 Å². The number of carbonyl (C=O) groups excluding carboxylic acids is 1. The topological polar surface area (TPSA) is 154 Å². The van der Waals surface area contributed by atoms with Crippen LogP contribution in [0.1, 0.15) is 110 Å². The number of rotatable bonds is 23. The lowest BCUT2D eigenvalue weighted by Crippen LogP contribution is -2.35. The van der Waals surface area contributed by atoms with Crippen LogP contribution in [0.15, 0.2) is 115 Å². The van der Waals surface area contributed by atoms with E-state index in [0.29, 0.717) is 50.2 Å². The molecule has 0 saturated heterocycles. The molecule has 0 saturated carbocycles. The van der Waals surface area contributed by atoms with Gasteiger partial charge in [-0.15, -0.1) is 0 Å². The first-order valence-corrected chi connectivity index (χ1v) is 23.2. The summed E-state index contributed by atoms with van der Waals surface area (Å²) in [6, 6.07) is 16.4. The Labute approximate surface area is 329 Å². The second-order valence-electron chi connectivity index (χ2n) is 14.4. The van der Waals surface area contributed by atoms with Gasteiger partial charge in [-0.1, -0.05) is 88.8 Å². The largest absolute Gasteiger partial charge is 0.388 e. The zero-order chi connectivity index (χ0) is 39.5. The van der Waals surface area contributed by atoms with Crippen LogP contribution in [0.2, 0.25) is 0 Å². The normalized spacial score (nSPS) is 17.4. The average molecular weight is 795 g/mol. The lowest BCUT2D eigenvalue weighted by Gasteiger charge is -2.24. The minimum absolute atomic E-state index is 0.0155. The van der Waals surface area contributed by atoms with Crippen LogP contribution >= 0.6 is 0 Å². The molecule has 5 N–H and O–H groups in total. The summed E-state index contributed by atoms with van der Waals surface area (Å²) in [6.07, 6.45) is 15.2. The number of allylic oxidation sites excluding steroid dienone is 6. The molecule has 302 valence electrons. The molecule has 55 heavy (non-hydrogen) atoms. The summed E-state index contributed by atoms with van der Waals surface area (Å²) in [7, 11) is -7.99. The molecule has 2 aliphatic carbocycles. The van der Waals surface area contributed by atoms with Gasteiger partial charge in [0.1, 0.15) is 11.1 Å². The van der Waals surface area contributed by atoms with E-state index in [9.17, 15) is 26.7 Å². The van der Waals surface area contributed by atoms with Crippen molar-refractivity contribution in [3.05, 3.63) is 105 Å². The summed E-state index contributed by atoms with van der Waals surface area (Å²) < 4.78 is 55.5. The maximum absolute atomic E-state index is 13.9. The van der Waals surface area contributed by atoms with Crippen LogP contribution in [0, 0.1) is 0 Å². The quantitative estimate of drug-likeness (QED) is 0.0442. The van der Waals surface area contributed by atoms with Gasteiger partial charge in [-0.2, -0.15) is 0 Å². The number of unbranched alkanes of at least 4 members (excludes halogenated alkanes) is 6. The molecule has 0 radical (unpaired) electrons. The van der Waals surface area contributed by atoms with Crippen LogP contribution in [-0.4, -0.2) is 60.3 Å². The fourth-order valence-electron chi connectivity index (χ4n) is 6.98. The highest BCUT2D eigenvalue weighted by Crippen LogP contribution is 2.32. The Morgan fingerprint density at radius 1 is 0.618 bits per heavy atom. The number of hydrogen-bond donors (Lipinski definition) is 5. The van der Waals surface area contributed by atoms with Crippen molar-refractivity contribution >= 4 is 25.6 Å². The zero-order valence-electron chi connectivity index (χ0n) is 32.7. The van der Waals surface area contributed by atoms with Gasteiger partial charge in [0.2, 0.25) is 19.7 Å². The summed E-state index contributed by atoms with van der Waals surface area (Å²) in [5, 5.41) is 24.1. The average Bonchev–Trinajstić information content (AvgIpc) is 3.18. The van der Waals surface area contributed by atoms with Gasteiger partial charge in [-0.3, -0.25) is 10.1 Å². The fraction of sp³-hybridized carbons (Fsp3) is 0.512. The molecule has 2 aromatic carbocycles. The van der Waals surface area contributed by atoms with Gasteiger partial charge < -0.3 is 21.1 Å². The molecule has 0 spiro atoms. The second-order valence-corrected chi connectivity index (χ2v) is 18.2. The van der Waals surface area contributed by atoms with Crippen LogP contribution in [0.5, 0.6) is 0 Å². The Balaban J connectivity index is 1.45. The van der Waals surface area contributed by atoms with Crippen LogP contribution in [0.25, 0.3) is 0 Å². The van der Waals surface area contributed by atoms with Gasteiger partial charge in [0.15, 0.2) is 0 Å². The monoisotopic (exact) mass is 794 g/mol. The molecule has 0 aromatic heterocycles. The summed E-state index contributed by atoms with van der Waals surface area (Å²) >= 11 is 0. The molecule has 4 rings (SSSR count). The molecule has 2 aliphatic rings. The van der Waals surface area contributed by atoms with Crippen molar-refractivity contribution in [1.29, 1.82) is 0 Å². The van der Waals surface area contributed by atoms with E-state index in [0.717, 1.165) is 94.9 Å². The third-order valence-electron chi connectivity index (χ3n) is 9.95. The van der Waals surface area contributed by atoms with Crippen molar-refractivity contribution in [2.24, 2.45) is 0 Å². The van der Waals surface area contributed by atoms with E-state index < -0.39 is 31.8 Å². The fourth-order valence-corrected chi connectivity index (χ4v) is 10.2. The first-order chi connectivity index (χ1) is 26.6. The van der Waals surface area contributed by atoms with Crippen LogP contribution < -0.4 is 21.3 Å². The molecule has 10 nitrogen and oxygen atoms in total. The predicted octanol–water partition coefficient (Wildman–Crippen LogP) is 7.33. The maximum atomic E-state index is 13.9. The van der Waals surface area contributed by atoms with E-state index in [1.54, 1.807) is 48.5 Å². The van der Waals surface area contributed by atoms with Crippen molar-refractivity contribution in [2.75, 3.05) is 26.2 Å². The standard InChI is InChI=1S/C43H62N4O6S2/c1-3-5-7-15-28-46-42(48)40(54(50,51)38-24-11-9-12-25-38)34-20-17-22-36(32-34)44-30-19-31-45-37-23-18-21-35(33-37)41(43(49)47-29-16-8-6-4-2)55(52,53)39-26-13-10-14-27-39/h9-14,24-27,32-33,42,44-46,48H,3-8,15-23,28-31H2,1-2H3,(H,47,49)/b40-34+,41-35+. The molecule has 0 fully saturated rings. The number of carbonyl (C=O) groups is 1. The minimum atomic E-state index is -4.04. The zero-order valence-corrected chi connectivity index (χ0v) is 34.4. The van der Waals surface area contributed by atoms with E-state index in [2.05, 4.69) is 35.1 Å². The van der Waals surface area contributed by atoms with Crippen LogP contribution in [0.3, 0.4) is 0 Å². The Morgan fingerprint density at radius 2 is 1.13 bits per heavy atom. The minimum Gasteiger partial charge on any atom is -0.388 e. The number of hydrogen-bond acceptors (Lipinski definition) is 9. The van der Waals surface area contributed by atoms with Gasteiger partial charge >= 0.3 is 0 Å². The number of aliphatic hydroxyl groups is 1. The molecule has 12 heteroatoms. The molecule has 1 atom stereocenters. The van der Waals surface area contributed by atoms with Gasteiger partial charge in [0.25, 0.3) is 5.91 Å². The maximum Gasteiger partial charge on any atom is 0.263 e. The number of amides is 1. The summed E-state index contributed by atoms with van der Waals surface area (Å²) in [4.78, 5) is 13.6. The predicted molar refractivity (Wildman–Crippen MR) is 221 cm³/mol. The number of sulfone groups is 2. The van der Waals surface area contributed by atoms with E-state index in [-0.39, 0.29) is 19.6 Å². The highest BCUT2D eigenvalue weighted by atomic mass is 32.2. The second kappa shape index (κ2) is 22.7. The van der Waals surface area contributed by atoms with Crippen LogP contribution in [-0.2, 0) is 24.5 Å². The van der Waals surface area contributed by atoms with E-state index in [1.165, 1.54) is 12.1 Å². The van der Waals surface area contributed by atoms with Crippen molar-refractivity contribution in [2.45, 2.75) is 126 Å². The van der Waals surface area contributed by atoms with Crippen LogP contribution in [0.4, 0.5) is 0 Å². The Morgan fingerprint density at radius 3 is 1.69 bits per heavy atom. The van der Waals surface area contributed by atoms with E-state index >= 15 is 0 Å².